The fourth-order valence-electron chi connectivity index (χ4n) is 6.72. The normalized spacial score (nSPS) is 45.2. The van der Waals surface area contributed by atoms with Crippen molar-refractivity contribution in [3.63, 3.8) is 0 Å². The Morgan fingerprint density at radius 2 is 0.917 bits per heavy atom. The van der Waals surface area contributed by atoms with E-state index in [0.717, 1.165) is 0 Å². The molecule has 4 saturated heterocycles. The van der Waals surface area contributed by atoms with Gasteiger partial charge in [-0.2, -0.15) is 0 Å². The molecular formula is C34H67N5O21. The summed E-state index contributed by atoms with van der Waals surface area (Å²) in [5.41, 5.74) is 29.0. The molecule has 0 saturated carbocycles. The molecule has 0 aromatic rings. The zero-order chi connectivity index (χ0) is 45.0. The number of hydrogen-bond donors (Lipinski definition) is 16. The Bertz CT molecular complexity index is 1280. The summed E-state index contributed by atoms with van der Waals surface area (Å²) < 4.78 is 56.8. The van der Waals surface area contributed by atoms with Crippen LogP contribution < -0.4 is 28.7 Å². The SMILES string of the molecule is CC(O)C(COC1OC(COC2OC(COC3OC(CO)C(O)C(O)C3N)C(O)C(O)C2N)C(O)C(O)C1N)OC(OCC1OC(OC(C)(C)C)C(N)C(O)C1O)C(N)O. The Morgan fingerprint density at radius 3 is 1.32 bits per heavy atom. The van der Waals surface area contributed by atoms with Crippen molar-refractivity contribution in [2.24, 2.45) is 28.7 Å². The third-order valence-corrected chi connectivity index (χ3v) is 10.5. The van der Waals surface area contributed by atoms with Gasteiger partial charge in [0.2, 0.25) is 0 Å². The number of ether oxygens (including phenoxy) is 10. The first-order chi connectivity index (χ1) is 28.0. The van der Waals surface area contributed by atoms with Crippen LogP contribution in [0.15, 0.2) is 0 Å². The summed E-state index contributed by atoms with van der Waals surface area (Å²) in [6, 6.07) is -5.09. The van der Waals surface area contributed by atoms with Crippen molar-refractivity contribution in [2.45, 2.75) is 181 Å². The van der Waals surface area contributed by atoms with Gasteiger partial charge >= 0.3 is 0 Å². The molecule has 0 aromatic carbocycles. The van der Waals surface area contributed by atoms with Crippen molar-refractivity contribution in [3.05, 3.63) is 0 Å². The second kappa shape index (κ2) is 22.2. The predicted molar refractivity (Wildman–Crippen MR) is 197 cm³/mol. The zero-order valence-corrected chi connectivity index (χ0v) is 33.8. The summed E-state index contributed by atoms with van der Waals surface area (Å²) in [5, 5.41) is 115. The molecule has 4 rings (SSSR count). The molecular weight excluding hydrogens is 814 g/mol. The Morgan fingerprint density at radius 1 is 0.550 bits per heavy atom. The number of hydrogen-bond acceptors (Lipinski definition) is 26. The molecule has 26 nitrogen and oxygen atoms in total. The Kier molecular flexibility index (Phi) is 19.1. The summed E-state index contributed by atoms with van der Waals surface area (Å²) >= 11 is 0. The number of rotatable bonds is 18. The number of aliphatic hydroxyl groups is 11. The molecule has 60 heavy (non-hydrogen) atoms. The van der Waals surface area contributed by atoms with E-state index >= 15 is 0 Å². The molecule has 24 unspecified atom stereocenters. The maximum Gasteiger partial charge on any atom is 0.197 e. The molecule has 0 aliphatic carbocycles. The van der Waals surface area contributed by atoms with Gasteiger partial charge < -0.3 is 132 Å². The fraction of sp³-hybridized carbons (Fsp3) is 1.00. The van der Waals surface area contributed by atoms with Gasteiger partial charge in [-0.1, -0.05) is 0 Å². The van der Waals surface area contributed by atoms with E-state index in [1.165, 1.54) is 6.92 Å². The lowest BCUT2D eigenvalue weighted by atomic mass is 9.96. The minimum absolute atomic E-state index is 0.495. The Labute approximate surface area is 345 Å². The van der Waals surface area contributed by atoms with Crippen LogP contribution in [0.5, 0.6) is 0 Å². The van der Waals surface area contributed by atoms with Gasteiger partial charge in [0.15, 0.2) is 37.7 Å². The molecule has 4 aliphatic rings. The van der Waals surface area contributed by atoms with Gasteiger partial charge in [0, 0.05) is 0 Å². The maximum absolute atomic E-state index is 10.8. The molecule has 354 valence electrons. The quantitative estimate of drug-likeness (QED) is 0.0568. The molecule has 21 N–H and O–H groups in total. The zero-order valence-electron chi connectivity index (χ0n) is 33.8. The van der Waals surface area contributed by atoms with Crippen LogP contribution >= 0.6 is 0 Å². The summed E-state index contributed by atoms with van der Waals surface area (Å²) in [7, 11) is 0. The molecule has 0 aromatic heterocycles. The van der Waals surface area contributed by atoms with E-state index in [-0.39, 0.29) is 0 Å². The molecule has 4 heterocycles. The van der Waals surface area contributed by atoms with Crippen molar-refractivity contribution in [1.82, 2.24) is 0 Å². The van der Waals surface area contributed by atoms with Crippen molar-refractivity contribution < 1.29 is 104 Å². The first-order valence-electron chi connectivity index (χ1n) is 19.6. The Hall–Kier alpha value is -1.04. The summed E-state index contributed by atoms with van der Waals surface area (Å²) in [4.78, 5) is 0. The van der Waals surface area contributed by atoms with Crippen LogP contribution in [-0.4, -0.2) is 242 Å². The minimum atomic E-state index is -1.81. The van der Waals surface area contributed by atoms with Gasteiger partial charge in [-0.15, -0.1) is 0 Å². The van der Waals surface area contributed by atoms with E-state index in [4.69, 9.17) is 76.0 Å². The lowest BCUT2D eigenvalue weighted by Gasteiger charge is -2.44. The molecule has 4 aliphatic heterocycles. The Balaban J connectivity index is 1.33. The van der Waals surface area contributed by atoms with Crippen LogP contribution in [0.3, 0.4) is 0 Å². The second-order valence-electron chi connectivity index (χ2n) is 16.4. The number of nitrogens with two attached hydrogens (primary N) is 5. The van der Waals surface area contributed by atoms with Crippen LogP contribution in [-0.2, 0) is 47.4 Å². The van der Waals surface area contributed by atoms with E-state index in [1.807, 2.05) is 0 Å². The minimum Gasteiger partial charge on any atom is -0.394 e. The molecule has 0 amide bonds. The molecule has 0 spiro atoms. The van der Waals surface area contributed by atoms with Crippen LogP contribution in [0.25, 0.3) is 0 Å². The third kappa shape index (κ3) is 12.8. The lowest BCUT2D eigenvalue weighted by molar-refractivity contribution is -0.318. The molecule has 24 atom stereocenters. The van der Waals surface area contributed by atoms with E-state index in [1.54, 1.807) is 20.8 Å². The highest BCUT2D eigenvalue weighted by molar-refractivity contribution is 4.96. The second-order valence-corrected chi connectivity index (χ2v) is 16.4. The van der Waals surface area contributed by atoms with E-state index in [2.05, 4.69) is 0 Å². The van der Waals surface area contributed by atoms with Crippen LogP contribution in [0.1, 0.15) is 27.7 Å². The predicted octanol–water partition coefficient (Wildman–Crippen LogP) is -9.67. The van der Waals surface area contributed by atoms with E-state index < -0.39 is 186 Å². The maximum atomic E-state index is 10.8. The van der Waals surface area contributed by atoms with Crippen molar-refractivity contribution in [2.75, 3.05) is 33.0 Å². The third-order valence-electron chi connectivity index (χ3n) is 10.5. The summed E-state index contributed by atoms with van der Waals surface area (Å²) in [5.74, 6) is 0. The van der Waals surface area contributed by atoms with Gasteiger partial charge in [-0.25, -0.2) is 0 Å². The molecule has 4 fully saturated rings. The van der Waals surface area contributed by atoms with E-state index in [9.17, 15) is 56.2 Å². The monoisotopic (exact) mass is 881 g/mol. The smallest absolute Gasteiger partial charge is 0.197 e. The highest BCUT2D eigenvalue weighted by Crippen LogP contribution is 2.28. The van der Waals surface area contributed by atoms with Crippen molar-refractivity contribution in [1.29, 1.82) is 0 Å². The summed E-state index contributed by atoms with van der Waals surface area (Å²) in [6.07, 6.45) is -29.3. The fourth-order valence-corrected chi connectivity index (χ4v) is 6.72. The van der Waals surface area contributed by atoms with Gasteiger partial charge in [-0.05, 0) is 27.7 Å². The van der Waals surface area contributed by atoms with Crippen molar-refractivity contribution >= 4 is 0 Å². The molecule has 0 bridgehead atoms. The lowest BCUT2D eigenvalue weighted by Crippen LogP contribution is -2.65. The first kappa shape index (κ1) is 51.6. The average Bonchev–Trinajstić information content (AvgIpc) is 3.18. The topological polar surface area (TPSA) is 445 Å². The van der Waals surface area contributed by atoms with E-state index in [0.29, 0.717) is 0 Å². The van der Waals surface area contributed by atoms with Crippen molar-refractivity contribution in [3.8, 4) is 0 Å². The van der Waals surface area contributed by atoms with Gasteiger partial charge in [0.1, 0.15) is 79.4 Å². The van der Waals surface area contributed by atoms with Crippen LogP contribution in [0.4, 0.5) is 0 Å². The average molecular weight is 882 g/mol. The van der Waals surface area contributed by atoms with Crippen LogP contribution in [0, 0.1) is 0 Å². The highest BCUT2D eigenvalue weighted by atomic mass is 16.8. The van der Waals surface area contributed by atoms with Crippen LogP contribution in [0.2, 0.25) is 0 Å². The van der Waals surface area contributed by atoms with Gasteiger partial charge in [-0.3, -0.25) is 0 Å². The molecule has 0 radical (unpaired) electrons. The first-order valence-corrected chi connectivity index (χ1v) is 19.6. The van der Waals surface area contributed by atoms with Gasteiger partial charge in [0.05, 0.1) is 68.9 Å². The largest absolute Gasteiger partial charge is 0.394 e. The summed E-state index contributed by atoms with van der Waals surface area (Å²) in [6.45, 7) is 3.78. The van der Waals surface area contributed by atoms with Gasteiger partial charge in [0.25, 0.3) is 0 Å². The highest BCUT2D eigenvalue weighted by Gasteiger charge is 2.49. The number of aliphatic hydroxyl groups excluding tert-OH is 11. The molecule has 26 heteroatoms. The standard InChI is InChI=1S/C34H67N5O21/c1-10(41)12(56-33(28(39)50)54-9-15-23(45)27(49)19(38)32(59-15)60-34(2,3)4)6-51-30-17(36)25(47)22(44)14(57-30)8-53-31-18(37)26(48)21(43)13(58-31)7-52-29-16(35)24(46)20(42)11(5-40)55-29/h10-33,40-50H,5-9,35-39H2,1-4H3.